The minimum Gasteiger partial charge on any atom is -0.398 e. The van der Waals surface area contributed by atoms with Gasteiger partial charge in [0, 0.05) is 18.0 Å². The first kappa shape index (κ1) is 8.97. The summed E-state index contributed by atoms with van der Waals surface area (Å²) in [7, 11) is 0. The molecule has 2 rings (SSSR count). The van der Waals surface area contributed by atoms with Crippen LogP contribution in [0, 0.1) is 0 Å². The molecule has 0 amide bonds. The summed E-state index contributed by atoms with van der Waals surface area (Å²) in [6, 6.07) is 5.40. The Hall–Kier alpha value is -1.61. The summed E-state index contributed by atoms with van der Waals surface area (Å²) < 4.78 is 0. The smallest absolute Gasteiger partial charge is 0.0885 e. The molecule has 1 aromatic heterocycles. The van der Waals surface area contributed by atoms with Crippen LogP contribution in [-0.4, -0.2) is 9.97 Å². The molecule has 0 aliphatic heterocycles. The van der Waals surface area contributed by atoms with Crippen molar-refractivity contribution >= 4 is 17.3 Å². The molecular formula is C10H8ClN3. The predicted molar refractivity (Wildman–Crippen MR) is 56.9 cm³/mol. The van der Waals surface area contributed by atoms with Crippen molar-refractivity contribution in [2.75, 3.05) is 5.73 Å². The van der Waals surface area contributed by atoms with Gasteiger partial charge in [0.2, 0.25) is 0 Å². The summed E-state index contributed by atoms with van der Waals surface area (Å²) >= 11 is 5.89. The van der Waals surface area contributed by atoms with E-state index < -0.39 is 0 Å². The first-order valence-corrected chi connectivity index (χ1v) is 4.46. The van der Waals surface area contributed by atoms with E-state index in [1.54, 1.807) is 30.7 Å². The van der Waals surface area contributed by atoms with Crippen LogP contribution in [0.3, 0.4) is 0 Å². The fraction of sp³-hybridized carbons (Fsp3) is 0. The molecule has 0 radical (unpaired) electrons. The summed E-state index contributed by atoms with van der Waals surface area (Å²) in [5.74, 6) is 0. The van der Waals surface area contributed by atoms with E-state index in [-0.39, 0.29) is 0 Å². The van der Waals surface area contributed by atoms with Crippen molar-refractivity contribution in [2.24, 2.45) is 0 Å². The third-order valence-corrected chi connectivity index (χ3v) is 2.19. The highest BCUT2D eigenvalue weighted by molar-refractivity contribution is 6.33. The fourth-order valence-corrected chi connectivity index (χ4v) is 1.32. The van der Waals surface area contributed by atoms with Crippen molar-refractivity contribution in [1.29, 1.82) is 0 Å². The topological polar surface area (TPSA) is 51.8 Å². The van der Waals surface area contributed by atoms with Crippen LogP contribution in [-0.2, 0) is 0 Å². The second-order valence-corrected chi connectivity index (χ2v) is 3.23. The van der Waals surface area contributed by atoms with Crippen LogP contribution in [0.5, 0.6) is 0 Å². The molecule has 2 aromatic rings. The summed E-state index contributed by atoms with van der Waals surface area (Å²) in [6.07, 6.45) is 4.95. The zero-order valence-corrected chi connectivity index (χ0v) is 8.07. The summed E-state index contributed by atoms with van der Waals surface area (Å²) in [5.41, 5.74) is 7.87. The molecule has 0 aliphatic rings. The number of rotatable bonds is 1. The zero-order chi connectivity index (χ0) is 9.97. The Bertz CT molecular complexity index is 442. The zero-order valence-electron chi connectivity index (χ0n) is 7.31. The Morgan fingerprint density at radius 3 is 2.71 bits per heavy atom. The number of nitrogens with two attached hydrogens (primary N) is 1. The van der Waals surface area contributed by atoms with E-state index in [1.807, 2.05) is 6.07 Å². The predicted octanol–water partition coefficient (Wildman–Crippen LogP) is 2.38. The van der Waals surface area contributed by atoms with Crippen molar-refractivity contribution in [3.05, 3.63) is 41.8 Å². The average molecular weight is 206 g/mol. The highest BCUT2D eigenvalue weighted by Gasteiger charge is 2.01. The monoisotopic (exact) mass is 205 g/mol. The van der Waals surface area contributed by atoms with Gasteiger partial charge in [0.25, 0.3) is 0 Å². The van der Waals surface area contributed by atoms with Gasteiger partial charge in [-0.05, 0) is 12.1 Å². The van der Waals surface area contributed by atoms with Gasteiger partial charge in [-0.2, -0.15) is 0 Å². The SMILES string of the molecule is Nc1ccc(-c2cnccn2)cc1Cl. The Labute approximate surface area is 86.6 Å². The molecule has 1 heterocycles. The molecule has 2 N–H and O–H groups in total. The Morgan fingerprint density at radius 1 is 1.21 bits per heavy atom. The van der Waals surface area contributed by atoms with Crippen LogP contribution < -0.4 is 5.73 Å². The fourth-order valence-electron chi connectivity index (χ4n) is 1.13. The molecule has 0 fully saturated rings. The molecular weight excluding hydrogens is 198 g/mol. The molecule has 0 bridgehead atoms. The van der Waals surface area contributed by atoms with Crippen molar-refractivity contribution in [2.45, 2.75) is 0 Å². The standard InChI is InChI=1S/C10H8ClN3/c11-8-5-7(1-2-9(8)12)10-6-13-3-4-14-10/h1-6H,12H2. The summed E-state index contributed by atoms with van der Waals surface area (Å²) in [6.45, 7) is 0. The Morgan fingerprint density at radius 2 is 2.07 bits per heavy atom. The molecule has 3 nitrogen and oxygen atoms in total. The van der Waals surface area contributed by atoms with Gasteiger partial charge >= 0.3 is 0 Å². The van der Waals surface area contributed by atoms with Gasteiger partial charge in [-0.25, -0.2) is 0 Å². The first-order valence-electron chi connectivity index (χ1n) is 4.09. The van der Waals surface area contributed by atoms with Crippen molar-refractivity contribution in [3.8, 4) is 11.3 Å². The summed E-state index contributed by atoms with van der Waals surface area (Å²) in [4.78, 5) is 8.13. The number of halogens is 1. The average Bonchev–Trinajstić information content (AvgIpc) is 2.23. The molecule has 14 heavy (non-hydrogen) atoms. The second kappa shape index (κ2) is 3.64. The van der Waals surface area contributed by atoms with Gasteiger partial charge in [0.1, 0.15) is 0 Å². The maximum atomic E-state index is 5.89. The van der Waals surface area contributed by atoms with Crippen LogP contribution in [0.1, 0.15) is 0 Å². The molecule has 0 saturated carbocycles. The van der Waals surface area contributed by atoms with Crippen molar-refractivity contribution in [1.82, 2.24) is 9.97 Å². The van der Waals surface area contributed by atoms with Gasteiger partial charge in [-0.3, -0.25) is 9.97 Å². The Balaban J connectivity index is 2.48. The third kappa shape index (κ3) is 1.67. The first-order chi connectivity index (χ1) is 6.77. The van der Waals surface area contributed by atoms with E-state index in [0.29, 0.717) is 10.7 Å². The summed E-state index contributed by atoms with van der Waals surface area (Å²) in [5, 5.41) is 0.535. The quantitative estimate of drug-likeness (QED) is 0.728. The Kier molecular flexibility index (Phi) is 2.33. The van der Waals surface area contributed by atoms with Gasteiger partial charge < -0.3 is 5.73 Å². The van der Waals surface area contributed by atoms with Gasteiger partial charge in [0.05, 0.1) is 22.6 Å². The van der Waals surface area contributed by atoms with Gasteiger partial charge in [-0.15, -0.1) is 0 Å². The third-order valence-electron chi connectivity index (χ3n) is 1.86. The largest absolute Gasteiger partial charge is 0.398 e. The van der Waals surface area contributed by atoms with E-state index >= 15 is 0 Å². The van der Waals surface area contributed by atoms with Gasteiger partial charge in [0.15, 0.2) is 0 Å². The van der Waals surface area contributed by atoms with E-state index in [0.717, 1.165) is 11.3 Å². The normalized spacial score (nSPS) is 10.1. The maximum Gasteiger partial charge on any atom is 0.0885 e. The van der Waals surface area contributed by atoms with Crippen LogP contribution in [0.2, 0.25) is 5.02 Å². The maximum absolute atomic E-state index is 5.89. The molecule has 0 atom stereocenters. The lowest BCUT2D eigenvalue weighted by atomic mass is 10.1. The van der Waals surface area contributed by atoms with E-state index in [2.05, 4.69) is 9.97 Å². The van der Waals surface area contributed by atoms with E-state index in [9.17, 15) is 0 Å². The van der Waals surface area contributed by atoms with Crippen LogP contribution >= 0.6 is 11.6 Å². The second-order valence-electron chi connectivity index (χ2n) is 2.83. The lowest BCUT2D eigenvalue weighted by Gasteiger charge is -2.02. The molecule has 1 aromatic carbocycles. The van der Waals surface area contributed by atoms with Gasteiger partial charge in [-0.1, -0.05) is 17.7 Å². The van der Waals surface area contributed by atoms with Crippen LogP contribution in [0.4, 0.5) is 5.69 Å². The van der Waals surface area contributed by atoms with E-state index in [1.165, 1.54) is 0 Å². The number of benzene rings is 1. The molecule has 0 unspecified atom stereocenters. The molecule has 4 heteroatoms. The minimum absolute atomic E-state index is 0.535. The number of hydrogen-bond donors (Lipinski definition) is 1. The van der Waals surface area contributed by atoms with Crippen LogP contribution in [0.25, 0.3) is 11.3 Å². The number of nitrogen functional groups attached to an aromatic ring is 1. The number of hydrogen-bond acceptors (Lipinski definition) is 3. The molecule has 0 spiro atoms. The molecule has 70 valence electrons. The van der Waals surface area contributed by atoms with E-state index in [4.69, 9.17) is 17.3 Å². The molecule has 0 aliphatic carbocycles. The lowest BCUT2D eigenvalue weighted by Crippen LogP contribution is -1.88. The highest BCUT2D eigenvalue weighted by atomic mass is 35.5. The van der Waals surface area contributed by atoms with Crippen molar-refractivity contribution < 1.29 is 0 Å². The number of aromatic nitrogens is 2. The molecule has 0 saturated heterocycles. The van der Waals surface area contributed by atoms with Crippen LogP contribution in [0.15, 0.2) is 36.8 Å². The highest BCUT2D eigenvalue weighted by Crippen LogP contribution is 2.24. The lowest BCUT2D eigenvalue weighted by molar-refractivity contribution is 1.21. The minimum atomic E-state index is 0.535. The number of nitrogens with zero attached hydrogens (tertiary/aromatic N) is 2. The number of anilines is 1. The van der Waals surface area contributed by atoms with Crippen molar-refractivity contribution in [3.63, 3.8) is 0 Å².